The maximum atomic E-state index is 12.3. The van der Waals surface area contributed by atoms with Crippen LogP contribution >= 0.6 is 0 Å². The largest absolute Gasteiger partial charge is 0.497 e. The van der Waals surface area contributed by atoms with Gasteiger partial charge in [0.1, 0.15) is 17.2 Å². The predicted octanol–water partition coefficient (Wildman–Crippen LogP) is 3.61. The van der Waals surface area contributed by atoms with Gasteiger partial charge in [-0.25, -0.2) is 0 Å². The number of rotatable bonds is 10. The summed E-state index contributed by atoms with van der Waals surface area (Å²) in [7, 11) is 3.26. The van der Waals surface area contributed by atoms with E-state index in [-0.39, 0.29) is 5.91 Å². The van der Waals surface area contributed by atoms with Crippen molar-refractivity contribution < 1.29 is 19.0 Å². The van der Waals surface area contributed by atoms with Crippen molar-refractivity contribution in [2.45, 2.75) is 32.3 Å². The van der Waals surface area contributed by atoms with Crippen LogP contribution in [0.25, 0.3) is 0 Å². The first-order chi connectivity index (χ1) is 12.7. The summed E-state index contributed by atoms with van der Waals surface area (Å²) in [5, 5.41) is 2.96. The number of aryl methyl sites for hydroxylation is 1. The third-order valence-electron chi connectivity index (χ3n) is 4.08. The van der Waals surface area contributed by atoms with Crippen LogP contribution in [0, 0.1) is 0 Å². The van der Waals surface area contributed by atoms with Crippen LogP contribution in [0.3, 0.4) is 0 Å². The normalized spacial score (nSPS) is 11.5. The number of methoxy groups -OCH3 is 2. The van der Waals surface area contributed by atoms with Gasteiger partial charge in [0.2, 0.25) is 0 Å². The minimum atomic E-state index is -0.511. The maximum absolute atomic E-state index is 12.3. The molecule has 140 valence electrons. The Morgan fingerprint density at radius 2 is 1.69 bits per heavy atom. The molecule has 0 fully saturated rings. The fourth-order valence-electron chi connectivity index (χ4n) is 2.57. The summed E-state index contributed by atoms with van der Waals surface area (Å²) in [6.45, 7) is 2.55. The van der Waals surface area contributed by atoms with Crippen LogP contribution < -0.4 is 19.5 Å². The number of benzene rings is 2. The third kappa shape index (κ3) is 5.99. The lowest BCUT2D eigenvalue weighted by atomic mass is 10.1. The number of amides is 1. The van der Waals surface area contributed by atoms with Gasteiger partial charge < -0.3 is 19.5 Å². The predicted molar refractivity (Wildman–Crippen MR) is 102 cm³/mol. The Balaban J connectivity index is 1.77. The lowest BCUT2D eigenvalue weighted by molar-refractivity contribution is -0.128. The lowest BCUT2D eigenvalue weighted by Gasteiger charge is -2.17. The van der Waals surface area contributed by atoms with Gasteiger partial charge in [-0.2, -0.15) is 0 Å². The molecule has 1 amide bonds. The smallest absolute Gasteiger partial charge is 0.261 e. The number of hydrogen-bond acceptors (Lipinski definition) is 4. The average molecular weight is 357 g/mol. The third-order valence-corrected chi connectivity index (χ3v) is 4.08. The number of nitrogens with one attached hydrogen (secondary N) is 1. The summed E-state index contributed by atoms with van der Waals surface area (Å²) in [5.41, 5.74) is 1.22. The van der Waals surface area contributed by atoms with Crippen LogP contribution in [-0.2, 0) is 11.2 Å². The summed E-state index contributed by atoms with van der Waals surface area (Å²) in [6.07, 6.45) is 1.86. The molecule has 0 aromatic heterocycles. The molecule has 0 radical (unpaired) electrons. The van der Waals surface area contributed by atoms with Gasteiger partial charge in [0.05, 0.1) is 14.2 Å². The molecule has 2 aromatic rings. The Kier molecular flexibility index (Phi) is 7.80. The average Bonchev–Trinajstić information content (AvgIpc) is 2.69. The first-order valence-corrected chi connectivity index (χ1v) is 8.87. The molecule has 0 spiro atoms. The minimum absolute atomic E-state index is 0.0925. The van der Waals surface area contributed by atoms with Gasteiger partial charge in [-0.1, -0.05) is 25.1 Å². The van der Waals surface area contributed by atoms with E-state index >= 15 is 0 Å². The SMILES string of the molecule is CC[C@@H](Oc1cccc(OC)c1)C(=O)NCCCc1ccc(OC)cc1. The molecule has 5 heteroatoms. The molecule has 2 aromatic carbocycles. The molecule has 26 heavy (non-hydrogen) atoms. The van der Waals surface area contributed by atoms with Crippen LogP contribution in [0.4, 0.5) is 0 Å². The Morgan fingerprint density at radius 3 is 2.35 bits per heavy atom. The molecule has 0 heterocycles. The van der Waals surface area contributed by atoms with Gasteiger partial charge >= 0.3 is 0 Å². The van der Waals surface area contributed by atoms with Gasteiger partial charge in [0.15, 0.2) is 6.10 Å². The summed E-state index contributed by atoms with van der Waals surface area (Å²) in [5.74, 6) is 2.09. The highest BCUT2D eigenvalue weighted by atomic mass is 16.5. The zero-order chi connectivity index (χ0) is 18.8. The summed E-state index contributed by atoms with van der Waals surface area (Å²) < 4.78 is 16.1. The van der Waals surface area contributed by atoms with Crippen molar-refractivity contribution in [2.24, 2.45) is 0 Å². The van der Waals surface area contributed by atoms with Crippen molar-refractivity contribution in [3.05, 3.63) is 54.1 Å². The van der Waals surface area contributed by atoms with E-state index in [0.29, 0.717) is 24.5 Å². The monoisotopic (exact) mass is 357 g/mol. The van der Waals surface area contributed by atoms with E-state index in [1.807, 2.05) is 49.4 Å². The quantitative estimate of drug-likeness (QED) is 0.660. The second-order valence-electron chi connectivity index (χ2n) is 5.94. The van der Waals surface area contributed by atoms with E-state index in [4.69, 9.17) is 14.2 Å². The van der Waals surface area contributed by atoms with Gasteiger partial charge in [-0.15, -0.1) is 0 Å². The molecule has 1 atom stereocenters. The molecule has 0 aliphatic rings. The summed E-state index contributed by atoms with van der Waals surface area (Å²) >= 11 is 0. The van der Waals surface area contributed by atoms with E-state index in [9.17, 15) is 4.79 Å². The Morgan fingerprint density at radius 1 is 1.00 bits per heavy atom. The lowest BCUT2D eigenvalue weighted by Crippen LogP contribution is -2.38. The zero-order valence-corrected chi connectivity index (χ0v) is 15.7. The minimum Gasteiger partial charge on any atom is -0.497 e. The standard InChI is InChI=1S/C21H27NO4/c1-4-20(26-19-9-5-8-18(15-19)25-3)21(23)22-14-6-7-16-10-12-17(24-2)13-11-16/h5,8-13,15,20H,4,6-7,14H2,1-3H3,(H,22,23)/t20-/m1/s1. The van der Waals surface area contributed by atoms with Gasteiger partial charge in [-0.3, -0.25) is 4.79 Å². The zero-order valence-electron chi connectivity index (χ0n) is 15.7. The van der Waals surface area contributed by atoms with Gasteiger partial charge in [0.25, 0.3) is 5.91 Å². The topological polar surface area (TPSA) is 56.8 Å². The highest BCUT2D eigenvalue weighted by molar-refractivity contribution is 5.81. The van der Waals surface area contributed by atoms with Crippen LogP contribution in [0.15, 0.2) is 48.5 Å². The Labute approximate surface area is 155 Å². The number of carbonyl (C=O) groups excluding carboxylic acids is 1. The Bertz CT molecular complexity index is 685. The fraction of sp³-hybridized carbons (Fsp3) is 0.381. The van der Waals surface area contributed by atoms with Crippen molar-refractivity contribution in [1.82, 2.24) is 5.32 Å². The van der Waals surface area contributed by atoms with Crippen molar-refractivity contribution >= 4 is 5.91 Å². The van der Waals surface area contributed by atoms with Gasteiger partial charge in [-0.05, 0) is 49.1 Å². The van der Waals surface area contributed by atoms with E-state index < -0.39 is 6.10 Å². The molecule has 0 unspecified atom stereocenters. The van der Waals surface area contributed by atoms with E-state index in [2.05, 4.69) is 5.32 Å². The highest BCUT2D eigenvalue weighted by Gasteiger charge is 2.18. The first kappa shape index (κ1) is 19.6. The summed E-state index contributed by atoms with van der Waals surface area (Å²) in [6, 6.07) is 15.3. The van der Waals surface area contributed by atoms with Crippen LogP contribution in [0.1, 0.15) is 25.3 Å². The number of hydrogen-bond donors (Lipinski definition) is 1. The van der Waals surface area contributed by atoms with Crippen LogP contribution in [0.2, 0.25) is 0 Å². The van der Waals surface area contributed by atoms with Crippen LogP contribution in [0.5, 0.6) is 17.2 Å². The van der Waals surface area contributed by atoms with Crippen molar-refractivity contribution in [1.29, 1.82) is 0 Å². The molecule has 0 aliphatic heterocycles. The molecular formula is C21H27NO4. The van der Waals surface area contributed by atoms with Crippen molar-refractivity contribution in [2.75, 3.05) is 20.8 Å². The van der Waals surface area contributed by atoms with E-state index in [1.54, 1.807) is 20.3 Å². The second kappa shape index (κ2) is 10.3. The number of carbonyl (C=O) groups is 1. The van der Waals surface area contributed by atoms with Crippen molar-refractivity contribution in [3.63, 3.8) is 0 Å². The Hall–Kier alpha value is -2.69. The molecule has 0 bridgehead atoms. The molecule has 1 N–H and O–H groups in total. The summed E-state index contributed by atoms with van der Waals surface area (Å²) in [4.78, 5) is 12.3. The molecular weight excluding hydrogens is 330 g/mol. The molecule has 0 aliphatic carbocycles. The molecule has 0 saturated carbocycles. The van der Waals surface area contributed by atoms with Crippen molar-refractivity contribution in [3.8, 4) is 17.2 Å². The van der Waals surface area contributed by atoms with E-state index in [0.717, 1.165) is 18.6 Å². The molecule has 2 rings (SSSR count). The molecule has 5 nitrogen and oxygen atoms in total. The van der Waals surface area contributed by atoms with Gasteiger partial charge in [0, 0.05) is 12.6 Å². The second-order valence-corrected chi connectivity index (χ2v) is 5.94. The number of ether oxygens (including phenoxy) is 3. The fourth-order valence-corrected chi connectivity index (χ4v) is 2.57. The first-order valence-electron chi connectivity index (χ1n) is 8.87. The maximum Gasteiger partial charge on any atom is 0.261 e. The van der Waals surface area contributed by atoms with Crippen LogP contribution in [-0.4, -0.2) is 32.8 Å². The highest BCUT2D eigenvalue weighted by Crippen LogP contribution is 2.20. The van der Waals surface area contributed by atoms with E-state index in [1.165, 1.54) is 5.56 Å². The molecule has 0 saturated heterocycles.